The van der Waals surface area contributed by atoms with Crippen molar-refractivity contribution in [1.29, 1.82) is 0 Å². The van der Waals surface area contributed by atoms with Crippen molar-refractivity contribution < 1.29 is 19.1 Å². The standard InChI is InChI=1S/C27H29N3O4/c1-3-8-25(31)28-22-15-11-21(12-16-22)26(32)29-30-27(33)24(4-2)34-23-17-13-20(14-18-23)19-9-6-5-7-10-19/h5-7,9-18,24H,3-4,8H2,1-2H3,(H,28,31)(H,29,32)(H,30,33). The van der Waals surface area contributed by atoms with E-state index < -0.39 is 17.9 Å². The number of ether oxygens (including phenoxy) is 1. The van der Waals surface area contributed by atoms with Gasteiger partial charge in [0.2, 0.25) is 5.91 Å². The molecule has 0 bridgehead atoms. The first kappa shape index (κ1) is 24.5. The number of amides is 3. The van der Waals surface area contributed by atoms with Crippen LogP contribution in [0.4, 0.5) is 5.69 Å². The van der Waals surface area contributed by atoms with Crippen LogP contribution in [0.3, 0.4) is 0 Å². The molecule has 0 aliphatic rings. The maximum absolute atomic E-state index is 12.5. The van der Waals surface area contributed by atoms with Crippen LogP contribution >= 0.6 is 0 Å². The second-order valence-corrected chi connectivity index (χ2v) is 7.72. The number of hydrogen-bond acceptors (Lipinski definition) is 4. The molecule has 0 saturated carbocycles. The summed E-state index contributed by atoms with van der Waals surface area (Å²) in [4.78, 5) is 36.6. The van der Waals surface area contributed by atoms with Crippen molar-refractivity contribution >= 4 is 23.4 Å². The number of anilines is 1. The molecule has 3 rings (SSSR count). The highest BCUT2D eigenvalue weighted by atomic mass is 16.5. The van der Waals surface area contributed by atoms with Crippen molar-refractivity contribution in [2.75, 3.05) is 5.32 Å². The van der Waals surface area contributed by atoms with E-state index in [4.69, 9.17) is 4.74 Å². The van der Waals surface area contributed by atoms with Gasteiger partial charge in [0.05, 0.1) is 0 Å². The molecule has 3 N–H and O–H groups in total. The normalized spacial score (nSPS) is 11.2. The van der Waals surface area contributed by atoms with Crippen molar-refractivity contribution in [2.45, 2.75) is 39.2 Å². The van der Waals surface area contributed by atoms with Gasteiger partial charge in [0.15, 0.2) is 6.10 Å². The predicted molar refractivity (Wildman–Crippen MR) is 132 cm³/mol. The van der Waals surface area contributed by atoms with Crippen molar-refractivity contribution in [3.8, 4) is 16.9 Å². The predicted octanol–water partition coefficient (Wildman–Crippen LogP) is 4.71. The SMILES string of the molecule is CCCC(=O)Nc1ccc(C(=O)NNC(=O)C(CC)Oc2ccc(-c3ccccc3)cc2)cc1. The monoisotopic (exact) mass is 459 g/mol. The van der Waals surface area contributed by atoms with Gasteiger partial charge in [0.25, 0.3) is 11.8 Å². The molecular formula is C27H29N3O4. The summed E-state index contributed by atoms with van der Waals surface area (Å²) in [6.45, 7) is 3.76. The summed E-state index contributed by atoms with van der Waals surface area (Å²) in [6, 6.07) is 23.9. The Balaban J connectivity index is 1.51. The molecule has 3 aromatic carbocycles. The molecule has 3 amide bonds. The Kier molecular flexibility index (Phi) is 8.80. The molecule has 1 unspecified atom stereocenters. The Morgan fingerprint density at radius 2 is 1.44 bits per heavy atom. The number of hydrazine groups is 1. The maximum atomic E-state index is 12.5. The summed E-state index contributed by atoms with van der Waals surface area (Å²) in [7, 11) is 0. The Morgan fingerprint density at radius 1 is 0.794 bits per heavy atom. The van der Waals surface area contributed by atoms with Crippen LogP contribution in [0.25, 0.3) is 11.1 Å². The second kappa shape index (κ2) is 12.2. The molecule has 0 fully saturated rings. The summed E-state index contributed by atoms with van der Waals surface area (Å²) in [6.07, 6.45) is 0.854. The first-order valence-corrected chi connectivity index (χ1v) is 11.3. The van der Waals surface area contributed by atoms with E-state index in [-0.39, 0.29) is 5.91 Å². The fourth-order valence-electron chi connectivity index (χ4n) is 3.27. The summed E-state index contributed by atoms with van der Waals surface area (Å²) >= 11 is 0. The zero-order valence-corrected chi connectivity index (χ0v) is 19.3. The van der Waals surface area contributed by atoms with E-state index in [1.54, 1.807) is 24.3 Å². The molecule has 0 saturated heterocycles. The Bertz CT molecular complexity index is 1100. The van der Waals surface area contributed by atoms with E-state index in [0.29, 0.717) is 29.8 Å². The Hall–Kier alpha value is -4.13. The summed E-state index contributed by atoms with van der Waals surface area (Å²) < 4.78 is 5.82. The molecule has 1 atom stereocenters. The first-order valence-electron chi connectivity index (χ1n) is 11.3. The van der Waals surface area contributed by atoms with Crippen LogP contribution in [0, 0.1) is 0 Å². The van der Waals surface area contributed by atoms with Gasteiger partial charge < -0.3 is 10.1 Å². The van der Waals surface area contributed by atoms with E-state index in [1.807, 2.05) is 68.4 Å². The number of carbonyl (C=O) groups excluding carboxylic acids is 3. The smallest absolute Gasteiger partial charge is 0.279 e. The molecular weight excluding hydrogens is 430 g/mol. The molecule has 0 spiro atoms. The van der Waals surface area contributed by atoms with Crippen molar-refractivity contribution in [1.82, 2.24) is 10.9 Å². The molecule has 0 aliphatic carbocycles. The van der Waals surface area contributed by atoms with Gasteiger partial charge in [-0.15, -0.1) is 0 Å². The second-order valence-electron chi connectivity index (χ2n) is 7.72. The molecule has 34 heavy (non-hydrogen) atoms. The zero-order chi connectivity index (χ0) is 24.3. The number of benzene rings is 3. The lowest BCUT2D eigenvalue weighted by molar-refractivity contribution is -0.128. The van der Waals surface area contributed by atoms with Crippen molar-refractivity contribution in [2.24, 2.45) is 0 Å². The summed E-state index contributed by atoms with van der Waals surface area (Å²) in [5, 5.41) is 2.76. The number of hydrogen-bond donors (Lipinski definition) is 3. The minimum Gasteiger partial charge on any atom is -0.481 e. The van der Waals surface area contributed by atoms with Crippen LogP contribution in [0.1, 0.15) is 43.5 Å². The highest BCUT2D eigenvalue weighted by Gasteiger charge is 2.19. The molecule has 0 aliphatic heterocycles. The Labute approximate surface area is 199 Å². The third-order valence-corrected chi connectivity index (χ3v) is 5.11. The molecule has 0 radical (unpaired) electrons. The molecule has 0 heterocycles. The topological polar surface area (TPSA) is 96.5 Å². The maximum Gasteiger partial charge on any atom is 0.279 e. The van der Waals surface area contributed by atoms with E-state index in [2.05, 4.69) is 16.2 Å². The molecule has 3 aromatic rings. The van der Waals surface area contributed by atoms with Crippen LogP contribution in [0.15, 0.2) is 78.9 Å². The van der Waals surface area contributed by atoms with Gasteiger partial charge in [0, 0.05) is 17.7 Å². The zero-order valence-electron chi connectivity index (χ0n) is 19.3. The molecule has 7 nitrogen and oxygen atoms in total. The van der Waals surface area contributed by atoms with Gasteiger partial charge in [0.1, 0.15) is 5.75 Å². The van der Waals surface area contributed by atoms with E-state index in [9.17, 15) is 14.4 Å². The van der Waals surface area contributed by atoms with Crippen LogP contribution < -0.4 is 20.9 Å². The minimum absolute atomic E-state index is 0.0766. The van der Waals surface area contributed by atoms with Crippen LogP contribution in [-0.4, -0.2) is 23.8 Å². The lowest BCUT2D eigenvalue weighted by Crippen LogP contribution is -2.47. The average Bonchev–Trinajstić information content (AvgIpc) is 2.87. The fourth-order valence-corrected chi connectivity index (χ4v) is 3.27. The number of nitrogens with one attached hydrogen (secondary N) is 3. The summed E-state index contributed by atoms with van der Waals surface area (Å²) in [5.74, 6) is -0.436. The quantitative estimate of drug-likeness (QED) is 0.404. The fraction of sp³-hybridized carbons (Fsp3) is 0.222. The lowest BCUT2D eigenvalue weighted by atomic mass is 10.1. The van der Waals surface area contributed by atoms with Crippen LogP contribution in [0.2, 0.25) is 0 Å². The van der Waals surface area contributed by atoms with Gasteiger partial charge in [-0.05, 0) is 60.4 Å². The van der Waals surface area contributed by atoms with Gasteiger partial charge >= 0.3 is 0 Å². The molecule has 7 heteroatoms. The van der Waals surface area contributed by atoms with Gasteiger partial charge in [-0.2, -0.15) is 0 Å². The van der Waals surface area contributed by atoms with Gasteiger partial charge in [-0.25, -0.2) is 0 Å². The largest absolute Gasteiger partial charge is 0.481 e. The average molecular weight is 460 g/mol. The van der Waals surface area contributed by atoms with Gasteiger partial charge in [-0.3, -0.25) is 25.2 Å². The minimum atomic E-state index is -0.765. The molecule has 0 aromatic heterocycles. The summed E-state index contributed by atoms with van der Waals surface area (Å²) in [5.41, 5.74) is 7.92. The Morgan fingerprint density at radius 3 is 2.06 bits per heavy atom. The number of rotatable bonds is 9. The lowest BCUT2D eigenvalue weighted by Gasteiger charge is -2.18. The van der Waals surface area contributed by atoms with Crippen molar-refractivity contribution in [3.05, 3.63) is 84.4 Å². The van der Waals surface area contributed by atoms with Crippen molar-refractivity contribution in [3.63, 3.8) is 0 Å². The third kappa shape index (κ3) is 6.93. The van der Waals surface area contributed by atoms with Crippen LogP contribution in [0.5, 0.6) is 5.75 Å². The highest BCUT2D eigenvalue weighted by Crippen LogP contribution is 2.23. The van der Waals surface area contributed by atoms with E-state index >= 15 is 0 Å². The first-order chi connectivity index (χ1) is 16.5. The van der Waals surface area contributed by atoms with Gasteiger partial charge in [-0.1, -0.05) is 56.3 Å². The highest BCUT2D eigenvalue weighted by molar-refractivity contribution is 5.97. The van der Waals surface area contributed by atoms with Crippen LogP contribution in [-0.2, 0) is 9.59 Å². The molecule has 176 valence electrons. The van der Waals surface area contributed by atoms with E-state index in [1.165, 1.54) is 0 Å². The van der Waals surface area contributed by atoms with E-state index in [0.717, 1.165) is 17.5 Å². The third-order valence-electron chi connectivity index (χ3n) is 5.11. The number of carbonyl (C=O) groups is 3.